The van der Waals surface area contributed by atoms with Crippen molar-refractivity contribution >= 4 is 34.9 Å². The summed E-state index contributed by atoms with van der Waals surface area (Å²) in [5, 5.41) is 2.62. The Kier molecular flexibility index (Phi) is 6.63. The third-order valence-electron chi connectivity index (χ3n) is 7.05. The van der Waals surface area contributed by atoms with E-state index in [4.69, 9.17) is 14.2 Å². The number of ketones is 1. The third-order valence-corrected chi connectivity index (χ3v) is 7.05. The van der Waals surface area contributed by atoms with Crippen molar-refractivity contribution in [3.05, 3.63) is 47.5 Å². The van der Waals surface area contributed by atoms with Gasteiger partial charge in [-0.2, -0.15) is 0 Å². The second-order valence-electron chi connectivity index (χ2n) is 9.33. The molecule has 2 heterocycles. The number of amides is 2. The molecule has 9 nitrogen and oxygen atoms in total. The molecule has 0 saturated heterocycles. The molecule has 2 amide bonds. The van der Waals surface area contributed by atoms with E-state index in [1.807, 2.05) is 24.3 Å². The highest BCUT2D eigenvalue weighted by Crippen LogP contribution is 2.38. The first-order valence-electron chi connectivity index (χ1n) is 12.2. The summed E-state index contributed by atoms with van der Waals surface area (Å²) < 4.78 is 16.0. The van der Waals surface area contributed by atoms with Crippen molar-refractivity contribution in [3.63, 3.8) is 0 Å². The Hall–Kier alpha value is -3.88. The maximum atomic E-state index is 13.4. The number of fused-ring (bicyclic) bond motifs is 2. The van der Waals surface area contributed by atoms with E-state index in [9.17, 15) is 19.2 Å². The molecule has 0 bridgehead atoms. The first kappa shape index (κ1) is 23.8. The Morgan fingerprint density at radius 1 is 1.03 bits per heavy atom. The molecule has 2 aliphatic heterocycles. The molecule has 1 fully saturated rings. The summed E-state index contributed by atoms with van der Waals surface area (Å²) in [7, 11) is 0. The zero-order valence-corrected chi connectivity index (χ0v) is 20.1. The Bertz CT molecular complexity index is 1220. The van der Waals surface area contributed by atoms with Gasteiger partial charge in [-0.15, -0.1) is 0 Å². The number of esters is 1. The molecule has 1 N–H and O–H groups in total. The second kappa shape index (κ2) is 10.0. The summed E-state index contributed by atoms with van der Waals surface area (Å²) in [6.45, 7) is 1.50. The number of nitrogens with zero attached hydrogens (tertiary/aromatic N) is 1. The van der Waals surface area contributed by atoms with Crippen LogP contribution in [-0.2, 0) is 25.5 Å². The fraction of sp³-hybridized carbons (Fsp3) is 0.407. The van der Waals surface area contributed by atoms with Crippen LogP contribution in [0.2, 0.25) is 0 Å². The topological polar surface area (TPSA) is 111 Å². The van der Waals surface area contributed by atoms with Crippen LogP contribution in [0.5, 0.6) is 11.5 Å². The maximum Gasteiger partial charge on any atom is 0.310 e. The normalized spacial score (nSPS) is 20.0. The van der Waals surface area contributed by atoms with E-state index in [0.29, 0.717) is 30.9 Å². The lowest BCUT2D eigenvalue weighted by atomic mass is 9.78. The van der Waals surface area contributed by atoms with Gasteiger partial charge < -0.3 is 24.4 Å². The Morgan fingerprint density at radius 3 is 2.53 bits per heavy atom. The van der Waals surface area contributed by atoms with Gasteiger partial charge in [-0.1, -0.05) is 31.0 Å². The van der Waals surface area contributed by atoms with Gasteiger partial charge in [-0.3, -0.25) is 19.2 Å². The van der Waals surface area contributed by atoms with Crippen molar-refractivity contribution in [2.24, 2.45) is 11.8 Å². The van der Waals surface area contributed by atoms with Crippen LogP contribution < -0.4 is 19.7 Å². The molecular formula is C27H28N2O7. The predicted molar refractivity (Wildman–Crippen MR) is 130 cm³/mol. The van der Waals surface area contributed by atoms with Gasteiger partial charge in [0.15, 0.2) is 23.9 Å². The van der Waals surface area contributed by atoms with Gasteiger partial charge in [-0.25, -0.2) is 0 Å². The molecule has 1 saturated carbocycles. The lowest BCUT2D eigenvalue weighted by Crippen LogP contribution is -2.42. The molecule has 2 aromatic carbocycles. The number of rotatable bonds is 6. The number of carbonyl (C=O) groups is 4. The molecule has 1 aliphatic carbocycles. The Morgan fingerprint density at radius 2 is 1.75 bits per heavy atom. The zero-order valence-electron chi connectivity index (χ0n) is 20.1. The minimum atomic E-state index is -0.592. The highest BCUT2D eigenvalue weighted by Gasteiger charge is 2.40. The van der Waals surface area contributed by atoms with Crippen LogP contribution in [0.25, 0.3) is 0 Å². The van der Waals surface area contributed by atoms with Gasteiger partial charge >= 0.3 is 5.97 Å². The first-order chi connectivity index (χ1) is 17.4. The van der Waals surface area contributed by atoms with Crippen molar-refractivity contribution in [1.82, 2.24) is 0 Å². The van der Waals surface area contributed by atoms with Crippen LogP contribution in [0, 0.1) is 11.8 Å². The second-order valence-corrected chi connectivity index (χ2v) is 9.33. The average molecular weight is 493 g/mol. The lowest BCUT2D eigenvalue weighted by Gasteiger charge is -2.32. The van der Waals surface area contributed by atoms with E-state index in [-0.39, 0.29) is 29.7 Å². The largest absolute Gasteiger partial charge is 0.455 e. The molecule has 188 valence electrons. The number of para-hydroxylation sites is 1. The molecule has 0 aromatic heterocycles. The van der Waals surface area contributed by atoms with Crippen molar-refractivity contribution in [2.45, 2.75) is 39.0 Å². The standard InChI is InChI=1S/C27H28N2O7/c1-16(30)20-12-23-24(36-15-35-23)13-21(20)28-25(31)14-34-27(33)19-8-4-3-7-18(19)26(32)29-11-10-17-6-2-5-9-22(17)29/h2,5-6,9,12-13,18-19H,3-4,7-8,10-11,14-15H2,1H3,(H,28,31). The number of benzene rings is 2. The smallest absolute Gasteiger partial charge is 0.310 e. The van der Waals surface area contributed by atoms with Gasteiger partial charge in [-0.05, 0) is 43.9 Å². The lowest BCUT2D eigenvalue weighted by molar-refractivity contribution is -0.156. The van der Waals surface area contributed by atoms with Crippen LogP contribution >= 0.6 is 0 Å². The van der Waals surface area contributed by atoms with Crippen LogP contribution in [0.1, 0.15) is 48.5 Å². The van der Waals surface area contributed by atoms with Gasteiger partial charge in [0, 0.05) is 23.9 Å². The Labute approximate surface area is 208 Å². The summed E-state index contributed by atoms with van der Waals surface area (Å²) in [5.74, 6) is -1.67. The third kappa shape index (κ3) is 4.65. The molecule has 2 aromatic rings. The molecule has 2 atom stereocenters. The molecule has 0 spiro atoms. The van der Waals surface area contributed by atoms with E-state index in [2.05, 4.69) is 5.32 Å². The summed E-state index contributed by atoms with van der Waals surface area (Å²) in [5.41, 5.74) is 2.56. The van der Waals surface area contributed by atoms with Crippen LogP contribution in [-0.4, -0.2) is 43.5 Å². The fourth-order valence-corrected chi connectivity index (χ4v) is 5.24. The number of hydrogen-bond donors (Lipinski definition) is 1. The molecule has 36 heavy (non-hydrogen) atoms. The number of anilines is 2. The average Bonchev–Trinajstić information content (AvgIpc) is 3.53. The first-order valence-corrected chi connectivity index (χ1v) is 12.2. The summed E-state index contributed by atoms with van der Waals surface area (Å²) in [6.07, 6.45) is 3.65. The van der Waals surface area contributed by atoms with Gasteiger partial charge in [0.1, 0.15) is 0 Å². The summed E-state index contributed by atoms with van der Waals surface area (Å²) in [6, 6.07) is 10.9. The Balaban J connectivity index is 1.23. The minimum absolute atomic E-state index is 0.0337. The van der Waals surface area contributed by atoms with Gasteiger partial charge in [0.2, 0.25) is 12.7 Å². The molecule has 3 aliphatic rings. The highest BCUT2D eigenvalue weighted by molar-refractivity contribution is 6.05. The zero-order chi connectivity index (χ0) is 25.2. The van der Waals surface area contributed by atoms with Crippen LogP contribution in [0.3, 0.4) is 0 Å². The number of nitrogens with one attached hydrogen (secondary N) is 1. The number of carbonyl (C=O) groups excluding carboxylic acids is 4. The number of ether oxygens (including phenoxy) is 3. The van der Waals surface area contributed by atoms with Crippen molar-refractivity contribution in [1.29, 1.82) is 0 Å². The summed E-state index contributed by atoms with van der Waals surface area (Å²) >= 11 is 0. The minimum Gasteiger partial charge on any atom is -0.455 e. The van der Waals surface area contributed by atoms with Gasteiger partial charge in [0.25, 0.3) is 5.91 Å². The summed E-state index contributed by atoms with van der Waals surface area (Å²) in [4.78, 5) is 52.8. The molecule has 0 radical (unpaired) electrons. The quantitative estimate of drug-likeness (QED) is 0.485. The fourth-order valence-electron chi connectivity index (χ4n) is 5.24. The van der Waals surface area contributed by atoms with Crippen molar-refractivity contribution in [2.75, 3.05) is 30.2 Å². The van der Waals surface area contributed by atoms with Crippen LogP contribution in [0.15, 0.2) is 36.4 Å². The maximum absolute atomic E-state index is 13.4. The van der Waals surface area contributed by atoms with Gasteiger partial charge in [0.05, 0.1) is 17.5 Å². The van der Waals surface area contributed by atoms with Crippen molar-refractivity contribution < 1.29 is 33.4 Å². The molecular weight excluding hydrogens is 464 g/mol. The van der Waals surface area contributed by atoms with Crippen molar-refractivity contribution in [3.8, 4) is 11.5 Å². The number of Topliss-reactive ketones (excluding diaryl/α,β-unsaturated/α-hetero) is 1. The molecule has 9 heteroatoms. The SMILES string of the molecule is CC(=O)c1cc2c(cc1NC(=O)COC(=O)C1CCCCC1C(=O)N1CCc3ccccc31)OCO2. The van der Waals surface area contributed by atoms with Crippen LogP contribution in [0.4, 0.5) is 11.4 Å². The van der Waals surface area contributed by atoms with E-state index in [0.717, 1.165) is 30.5 Å². The molecule has 5 rings (SSSR count). The molecule has 2 unspecified atom stereocenters. The van der Waals surface area contributed by atoms with E-state index >= 15 is 0 Å². The monoisotopic (exact) mass is 492 g/mol. The number of hydrogen-bond acceptors (Lipinski definition) is 7. The predicted octanol–water partition coefficient (Wildman–Crippen LogP) is 3.50. The highest BCUT2D eigenvalue weighted by atomic mass is 16.7. The van der Waals surface area contributed by atoms with E-state index in [1.165, 1.54) is 19.1 Å². The van der Waals surface area contributed by atoms with E-state index in [1.54, 1.807) is 4.90 Å². The van der Waals surface area contributed by atoms with E-state index < -0.39 is 30.3 Å².